The van der Waals surface area contributed by atoms with E-state index in [2.05, 4.69) is 24.9 Å². The van der Waals surface area contributed by atoms with Gasteiger partial charge in [-0.05, 0) is 36.8 Å². The monoisotopic (exact) mass is 218 g/mol. The topological polar surface area (TPSA) is 38.9 Å². The van der Waals surface area contributed by atoms with Crippen LogP contribution in [0.15, 0.2) is 24.4 Å². The summed E-state index contributed by atoms with van der Waals surface area (Å²) in [6.45, 7) is 4.60. The van der Waals surface area contributed by atoms with Crippen molar-refractivity contribution in [3.8, 4) is 0 Å². The minimum Gasteiger partial charge on any atom is -0.324 e. The van der Waals surface area contributed by atoms with Crippen molar-refractivity contribution in [1.29, 1.82) is 0 Å². The van der Waals surface area contributed by atoms with Gasteiger partial charge in [0.1, 0.15) is 0 Å². The molecule has 0 bridgehead atoms. The van der Waals surface area contributed by atoms with Crippen LogP contribution in [0.5, 0.6) is 0 Å². The molecule has 0 radical (unpaired) electrons. The molecule has 0 saturated heterocycles. The van der Waals surface area contributed by atoms with E-state index in [0.717, 1.165) is 24.5 Å². The Morgan fingerprint density at radius 1 is 1.38 bits per heavy atom. The summed E-state index contributed by atoms with van der Waals surface area (Å²) in [5.41, 5.74) is 7.67. The Balaban J connectivity index is 2.12. The summed E-state index contributed by atoms with van der Waals surface area (Å²) in [6, 6.07) is 6.09. The highest BCUT2D eigenvalue weighted by atomic mass is 14.8. The van der Waals surface area contributed by atoms with Gasteiger partial charge >= 0.3 is 0 Å². The molecule has 2 heteroatoms. The summed E-state index contributed by atoms with van der Waals surface area (Å²) in [4.78, 5) is 4.40. The average molecular weight is 218 g/mol. The fourth-order valence-corrected chi connectivity index (χ4v) is 2.86. The molecule has 16 heavy (non-hydrogen) atoms. The molecule has 1 fully saturated rings. The first-order valence-corrected chi connectivity index (χ1v) is 6.29. The zero-order chi connectivity index (χ0) is 11.6. The second-order valence-corrected chi connectivity index (χ2v) is 5.52. The van der Waals surface area contributed by atoms with Gasteiger partial charge in [0.05, 0.1) is 0 Å². The lowest BCUT2D eigenvalue weighted by Crippen LogP contribution is -2.51. The fraction of sp³-hybridized carbons (Fsp3) is 0.643. The molecule has 2 rings (SSSR count). The minimum absolute atomic E-state index is 0.0496. The Labute approximate surface area is 98.3 Å². The molecule has 0 spiro atoms. The Hall–Kier alpha value is -0.890. The molecule has 1 aliphatic carbocycles. The maximum absolute atomic E-state index is 6.59. The van der Waals surface area contributed by atoms with E-state index in [4.69, 9.17) is 5.73 Å². The lowest BCUT2D eigenvalue weighted by Gasteiger charge is -2.42. The van der Waals surface area contributed by atoms with Gasteiger partial charge in [-0.25, -0.2) is 0 Å². The van der Waals surface area contributed by atoms with Crippen LogP contribution in [-0.4, -0.2) is 10.5 Å². The first-order chi connectivity index (χ1) is 7.60. The molecular formula is C14H22N2. The van der Waals surface area contributed by atoms with E-state index in [9.17, 15) is 0 Å². The lowest BCUT2D eigenvalue weighted by atomic mass is 9.68. The van der Waals surface area contributed by atoms with E-state index in [1.807, 2.05) is 18.3 Å². The molecule has 1 saturated carbocycles. The van der Waals surface area contributed by atoms with E-state index < -0.39 is 0 Å². The Kier molecular flexibility index (Phi) is 3.29. The first-order valence-electron chi connectivity index (χ1n) is 6.29. The van der Waals surface area contributed by atoms with Gasteiger partial charge in [-0.2, -0.15) is 0 Å². The Bertz CT molecular complexity index is 336. The molecule has 3 unspecified atom stereocenters. The van der Waals surface area contributed by atoms with Gasteiger partial charge in [0, 0.05) is 23.9 Å². The van der Waals surface area contributed by atoms with Gasteiger partial charge in [0.2, 0.25) is 0 Å². The second kappa shape index (κ2) is 4.54. The number of pyridine rings is 1. The maximum atomic E-state index is 6.59. The third-order valence-corrected chi connectivity index (χ3v) is 4.04. The number of rotatable bonds is 2. The van der Waals surface area contributed by atoms with Crippen molar-refractivity contribution in [3.05, 3.63) is 30.1 Å². The molecular weight excluding hydrogens is 196 g/mol. The first kappa shape index (κ1) is 11.6. The van der Waals surface area contributed by atoms with Gasteiger partial charge in [0.15, 0.2) is 0 Å². The average Bonchev–Trinajstić information content (AvgIpc) is 2.25. The number of nitrogens with zero attached hydrogens (tertiary/aromatic N) is 1. The lowest BCUT2D eigenvalue weighted by molar-refractivity contribution is 0.160. The summed E-state index contributed by atoms with van der Waals surface area (Å²) in [7, 11) is 0. The van der Waals surface area contributed by atoms with Crippen LogP contribution in [-0.2, 0) is 6.42 Å². The van der Waals surface area contributed by atoms with Crippen LogP contribution < -0.4 is 5.73 Å². The molecule has 1 aromatic rings. The van der Waals surface area contributed by atoms with Crippen LogP contribution >= 0.6 is 0 Å². The van der Waals surface area contributed by atoms with Crippen LogP contribution in [0.3, 0.4) is 0 Å². The zero-order valence-electron chi connectivity index (χ0n) is 10.3. The molecule has 88 valence electrons. The number of nitrogens with two attached hydrogens (primary N) is 1. The summed E-state index contributed by atoms with van der Waals surface area (Å²) < 4.78 is 0. The third-order valence-electron chi connectivity index (χ3n) is 4.04. The molecule has 1 aromatic heterocycles. The highest BCUT2D eigenvalue weighted by molar-refractivity contribution is 5.10. The normalized spacial score (nSPS) is 34.9. The van der Waals surface area contributed by atoms with Crippen molar-refractivity contribution >= 4 is 0 Å². The van der Waals surface area contributed by atoms with Crippen LogP contribution in [0.2, 0.25) is 0 Å². The van der Waals surface area contributed by atoms with Crippen molar-refractivity contribution in [1.82, 2.24) is 4.98 Å². The molecule has 0 amide bonds. The number of hydrogen-bond acceptors (Lipinski definition) is 2. The molecule has 2 N–H and O–H groups in total. The smallest absolute Gasteiger partial charge is 0.0422 e. The van der Waals surface area contributed by atoms with Crippen molar-refractivity contribution in [2.24, 2.45) is 17.6 Å². The van der Waals surface area contributed by atoms with E-state index in [1.165, 1.54) is 12.8 Å². The SMILES string of the molecule is CC1CCC(C)C(N)(Cc2ccccn2)C1. The van der Waals surface area contributed by atoms with Gasteiger partial charge in [-0.1, -0.05) is 26.3 Å². The van der Waals surface area contributed by atoms with Crippen molar-refractivity contribution in [3.63, 3.8) is 0 Å². The van der Waals surface area contributed by atoms with E-state index in [0.29, 0.717) is 5.92 Å². The summed E-state index contributed by atoms with van der Waals surface area (Å²) >= 11 is 0. The minimum atomic E-state index is -0.0496. The van der Waals surface area contributed by atoms with Gasteiger partial charge < -0.3 is 5.73 Å². The van der Waals surface area contributed by atoms with Crippen LogP contribution in [0, 0.1) is 11.8 Å². The van der Waals surface area contributed by atoms with Crippen molar-refractivity contribution < 1.29 is 0 Å². The summed E-state index contributed by atoms with van der Waals surface area (Å²) in [5.74, 6) is 1.36. The number of hydrogen-bond donors (Lipinski definition) is 1. The maximum Gasteiger partial charge on any atom is 0.0422 e. The van der Waals surface area contributed by atoms with Gasteiger partial charge in [-0.15, -0.1) is 0 Å². The van der Waals surface area contributed by atoms with Crippen LogP contribution in [0.25, 0.3) is 0 Å². The molecule has 1 heterocycles. The van der Waals surface area contributed by atoms with Crippen LogP contribution in [0.4, 0.5) is 0 Å². The summed E-state index contributed by atoms with van der Waals surface area (Å²) in [6.07, 6.45) is 6.48. The Morgan fingerprint density at radius 2 is 2.19 bits per heavy atom. The third kappa shape index (κ3) is 2.43. The number of aromatic nitrogens is 1. The fourth-order valence-electron chi connectivity index (χ4n) is 2.86. The largest absolute Gasteiger partial charge is 0.324 e. The quantitative estimate of drug-likeness (QED) is 0.829. The van der Waals surface area contributed by atoms with E-state index >= 15 is 0 Å². The molecule has 0 aliphatic heterocycles. The van der Waals surface area contributed by atoms with Gasteiger partial charge in [0.25, 0.3) is 0 Å². The van der Waals surface area contributed by atoms with Crippen molar-refractivity contribution in [2.45, 2.75) is 45.1 Å². The highest BCUT2D eigenvalue weighted by Gasteiger charge is 2.37. The molecule has 3 atom stereocenters. The predicted octanol–water partition coefficient (Wildman–Crippen LogP) is 2.78. The van der Waals surface area contributed by atoms with Crippen LogP contribution in [0.1, 0.15) is 38.8 Å². The molecule has 0 aromatic carbocycles. The standard InChI is InChI=1S/C14H22N2/c1-11-6-7-12(2)14(15,9-11)10-13-5-3-4-8-16-13/h3-5,8,11-12H,6-7,9-10,15H2,1-2H3. The second-order valence-electron chi connectivity index (χ2n) is 5.52. The summed E-state index contributed by atoms with van der Waals surface area (Å²) in [5, 5.41) is 0. The van der Waals surface area contributed by atoms with Gasteiger partial charge in [-0.3, -0.25) is 4.98 Å². The Morgan fingerprint density at radius 3 is 2.88 bits per heavy atom. The van der Waals surface area contributed by atoms with E-state index in [1.54, 1.807) is 0 Å². The van der Waals surface area contributed by atoms with Crippen molar-refractivity contribution in [2.75, 3.05) is 0 Å². The predicted molar refractivity (Wildman–Crippen MR) is 67.0 cm³/mol. The zero-order valence-corrected chi connectivity index (χ0v) is 10.3. The van der Waals surface area contributed by atoms with E-state index in [-0.39, 0.29) is 5.54 Å². The molecule has 1 aliphatic rings. The highest BCUT2D eigenvalue weighted by Crippen LogP contribution is 2.36. The molecule has 2 nitrogen and oxygen atoms in total.